The first-order chi connectivity index (χ1) is 5.81. The lowest BCUT2D eigenvalue weighted by Crippen LogP contribution is -1.90. The van der Waals surface area contributed by atoms with Gasteiger partial charge >= 0.3 is 0 Å². The Balaban J connectivity index is 2.77. The van der Waals surface area contributed by atoms with Crippen molar-refractivity contribution in [2.24, 2.45) is 0 Å². The Bertz CT molecular complexity index is 433. The van der Waals surface area contributed by atoms with E-state index >= 15 is 0 Å². The Morgan fingerprint density at radius 3 is 3.08 bits per heavy atom. The highest BCUT2D eigenvalue weighted by Gasteiger charge is 2.00. The van der Waals surface area contributed by atoms with E-state index in [1.807, 2.05) is 6.92 Å². The van der Waals surface area contributed by atoms with Crippen molar-refractivity contribution < 1.29 is 4.79 Å². The van der Waals surface area contributed by atoms with Gasteiger partial charge in [0.05, 0.1) is 5.69 Å². The number of aldehydes is 1. The molecule has 4 heteroatoms. The van der Waals surface area contributed by atoms with Crippen molar-refractivity contribution in [2.75, 3.05) is 0 Å². The molecule has 2 rings (SSSR count). The molecule has 0 aromatic carbocycles. The molecule has 0 N–H and O–H groups in total. The van der Waals surface area contributed by atoms with Crippen LogP contribution in [-0.2, 0) is 0 Å². The molecule has 0 amide bonds. The summed E-state index contributed by atoms with van der Waals surface area (Å²) >= 11 is 0. The summed E-state index contributed by atoms with van der Waals surface area (Å²) in [7, 11) is 0. The van der Waals surface area contributed by atoms with Crippen LogP contribution >= 0.6 is 0 Å². The van der Waals surface area contributed by atoms with Crippen LogP contribution in [0.1, 0.15) is 16.1 Å². The second kappa shape index (κ2) is 2.41. The molecule has 2 aromatic rings. The van der Waals surface area contributed by atoms with Crippen molar-refractivity contribution in [3.63, 3.8) is 0 Å². The molecule has 0 aliphatic carbocycles. The Morgan fingerprint density at radius 1 is 1.50 bits per heavy atom. The van der Waals surface area contributed by atoms with Crippen LogP contribution in [-0.4, -0.2) is 20.7 Å². The maximum Gasteiger partial charge on any atom is 0.159 e. The van der Waals surface area contributed by atoms with E-state index in [4.69, 9.17) is 0 Å². The Hall–Kier alpha value is -1.71. The zero-order chi connectivity index (χ0) is 8.55. The van der Waals surface area contributed by atoms with Gasteiger partial charge in [0.25, 0.3) is 0 Å². The largest absolute Gasteiger partial charge is 0.298 e. The third-order valence-corrected chi connectivity index (χ3v) is 1.70. The van der Waals surface area contributed by atoms with E-state index in [0.29, 0.717) is 5.56 Å². The van der Waals surface area contributed by atoms with Crippen LogP contribution in [0.4, 0.5) is 0 Å². The molecule has 0 radical (unpaired) electrons. The van der Waals surface area contributed by atoms with Crippen molar-refractivity contribution in [3.8, 4) is 0 Å². The minimum absolute atomic E-state index is 0.555. The summed E-state index contributed by atoms with van der Waals surface area (Å²) in [6, 6.07) is 0. The number of aryl methyl sites for hydroxylation is 1. The quantitative estimate of drug-likeness (QED) is 0.582. The number of hydrogen-bond donors (Lipinski definition) is 0. The Labute approximate surface area is 68.9 Å². The van der Waals surface area contributed by atoms with Gasteiger partial charge in [-0.15, -0.1) is 0 Å². The molecule has 0 saturated carbocycles. The van der Waals surface area contributed by atoms with Gasteiger partial charge in [0, 0.05) is 18.0 Å². The first-order valence-corrected chi connectivity index (χ1v) is 3.56. The third-order valence-electron chi connectivity index (χ3n) is 1.70. The molecule has 0 atom stereocenters. The van der Waals surface area contributed by atoms with E-state index in [-0.39, 0.29) is 0 Å². The van der Waals surface area contributed by atoms with Gasteiger partial charge < -0.3 is 0 Å². The van der Waals surface area contributed by atoms with Crippen LogP contribution in [0.2, 0.25) is 0 Å². The number of fused-ring (bicyclic) bond motifs is 1. The van der Waals surface area contributed by atoms with Crippen molar-refractivity contribution in [3.05, 3.63) is 30.0 Å². The van der Waals surface area contributed by atoms with E-state index in [2.05, 4.69) is 9.97 Å². The highest BCUT2D eigenvalue weighted by Crippen LogP contribution is 2.04. The molecular formula is C8H7N3O. The predicted octanol–water partition coefficient (Wildman–Crippen LogP) is 0.850. The van der Waals surface area contributed by atoms with Gasteiger partial charge in [0.15, 0.2) is 11.9 Å². The first-order valence-electron chi connectivity index (χ1n) is 3.56. The fraction of sp³-hybridized carbons (Fsp3) is 0.125. The van der Waals surface area contributed by atoms with Gasteiger partial charge in [-0.05, 0) is 6.92 Å². The minimum Gasteiger partial charge on any atom is -0.298 e. The number of carbonyl (C=O) groups excluding carboxylic acids is 1. The van der Waals surface area contributed by atoms with Crippen LogP contribution in [0.5, 0.6) is 0 Å². The fourth-order valence-corrected chi connectivity index (χ4v) is 1.09. The van der Waals surface area contributed by atoms with Crippen LogP contribution < -0.4 is 0 Å². The van der Waals surface area contributed by atoms with E-state index in [1.54, 1.807) is 16.9 Å². The molecule has 12 heavy (non-hydrogen) atoms. The third kappa shape index (κ3) is 0.887. The molecule has 0 bridgehead atoms. The molecule has 60 valence electrons. The molecule has 0 fully saturated rings. The van der Waals surface area contributed by atoms with Crippen LogP contribution in [0.15, 0.2) is 18.7 Å². The van der Waals surface area contributed by atoms with Crippen LogP contribution in [0, 0.1) is 6.92 Å². The lowest BCUT2D eigenvalue weighted by Gasteiger charge is -1.93. The number of hydrogen-bond acceptors (Lipinski definition) is 3. The maximum absolute atomic E-state index is 10.4. The van der Waals surface area contributed by atoms with E-state index < -0.39 is 0 Å². The van der Waals surface area contributed by atoms with E-state index in [9.17, 15) is 4.79 Å². The SMILES string of the molecule is Cc1ncn2cc(C=O)cnc12. The average Bonchev–Trinajstić information content (AvgIpc) is 2.47. The molecule has 0 spiro atoms. The Kier molecular flexibility index (Phi) is 1.40. The van der Waals surface area contributed by atoms with Crippen molar-refractivity contribution in [2.45, 2.75) is 6.92 Å². The Morgan fingerprint density at radius 2 is 2.33 bits per heavy atom. The zero-order valence-corrected chi connectivity index (χ0v) is 6.56. The maximum atomic E-state index is 10.4. The van der Waals surface area contributed by atoms with Crippen LogP contribution in [0.3, 0.4) is 0 Å². The lowest BCUT2D eigenvalue weighted by atomic mass is 10.4. The number of rotatable bonds is 1. The van der Waals surface area contributed by atoms with Gasteiger partial charge in [0.1, 0.15) is 6.33 Å². The van der Waals surface area contributed by atoms with Crippen molar-refractivity contribution in [1.29, 1.82) is 0 Å². The minimum atomic E-state index is 0.555. The summed E-state index contributed by atoms with van der Waals surface area (Å²) in [4.78, 5) is 18.5. The molecular weight excluding hydrogens is 154 g/mol. The van der Waals surface area contributed by atoms with Gasteiger partial charge in [-0.2, -0.15) is 0 Å². The fourth-order valence-electron chi connectivity index (χ4n) is 1.09. The number of imidazole rings is 1. The summed E-state index contributed by atoms with van der Waals surface area (Å²) < 4.78 is 1.74. The smallest absolute Gasteiger partial charge is 0.159 e. The average molecular weight is 161 g/mol. The first kappa shape index (κ1) is 6.97. The van der Waals surface area contributed by atoms with Crippen molar-refractivity contribution in [1.82, 2.24) is 14.4 Å². The summed E-state index contributed by atoms with van der Waals surface area (Å²) in [6.45, 7) is 1.88. The van der Waals surface area contributed by atoms with Crippen molar-refractivity contribution >= 4 is 11.9 Å². The summed E-state index contributed by atoms with van der Waals surface area (Å²) in [6.07, 6.45) is 5.65. The highest BCUT2D eigenvalue weighted by molar-refractivity contribution is 5.74. The second-order valence-corrected chi connectivity index (χ2v) is 2.57. The lowest BCUT2D eigenvalue weighted by molar-refractivity contribution is 0.112. The molecule has 2 heterocycles. The van der Waals surface area contributed by atoms with Gasteiger partial charge in [-0.3, -0.25) is 9.20 Å². The standard InChI is InChI=1S/C8H7N3O/c1-6-8-9-2-7(4-12)3-11(8)5-10-6/h2-5H,1H3. The van der Waals surface area contributed by atoms with Gasteiger partial charge in [0.2, 0.25) is 0 Å². The van der Waals surface area contributed by atoms with E-state index in [1.165, 1.54) is 6.20 Å². The predicted molar refractivity (Wildman–Crippen MR) is 43.1 cm³/mol. The zero-order valence-electron chi connectivity index (χ0n) is 6.56. The van der Waals surface area contributed by atoms with E-state index in [0.717, 1.165) is 17.6 Å². The molecule has 4 nitrogen and oxygen atoms in total. The topological polar surface area (TPSA) is 47.3 Å². The van der Waals surface area contributed by atoms with Gasteiger partial charge in [-0.1, -0.05) is 0 Å². The summed E-state index contributed by atoms with van der Waals surface area (Å²) in [5, 5.41) is 0. The molecule has 2 aromatic heterocycles. The summed E-state index contributed by atoms with van der Waals surface area (Å²) in [5.41, 5.74) is 2.22. The highest BCUT2D eigenvalue weighted by atomic mass is 16.1. The number of carbonyl (C=O) groups is 1. The second-order valence-electron chi connectivity index (χ2n) is 2.57. The molecule has 0 aliphatic heterocycles. The molecule has 0 saturated heterocycles. The summed E-state index contributed by atoms with van der Waals surface area (Å²) in [5.74, 6) is 0. The molecule has 0 unspecified atom stereocenters. The molecule has 0 aliphatic rings. The number of aromatic nitrogens is 3. The monoisotopic (exact) mass is 161 g/mol. The number of nitrogens with zero attached hydrogens (tertiary/aromatic N) is 3. The van der Waals surface area contributed by atoms with Gasteiger partial charge in [-0.25, -0.2) is 9.97 Å². The van der Waals surface area contributed by atoms with Crippen LogP contribution in [0.25, 0.3) is 5.65 Å². The normalized spacial score (nSPS) is 10.4.